The third kappa shape index (κ3) is 2.17. The molecular weight excluding hydrogens is 156 g/mol. The van der Waals surface area contributed by atoms with Gasteiger partial charge in [0.15, 0.2) is 0 Å². The second-order valence-electron chi connectivity index (χ2n) is 1.49. The second kappa shape index (κ2) is 3.45. The number of carboxylic acid groups (broad SMARTS) is 1. The predicted molar refractivity (Wildman–Crippen MR) is 31.9 cm³/mol. The van der Waals surface area contributed by atoms with E-state index in [9.17, 15) is 9.59 Å². The monoisotopic (exact) mass is 162 g/mol. The van der Waals surface area contributed by atoms with Crippen LogP contribution in [0.4, 0.5) is 0 Å². The standard InChI is InChI=1S/C5H6O6/c1-11-5(10)3(7)2(6)4(8)9/h6-7H,1H3,(H,8,9). The molecule has 0 aliphatic carbocycles. The normalized spacial score (nSPS) is 11.7. The highest BCUT2D eigenvalue weighted by Crippen LogP contribution is 1.98. The van der Waals surface area contributed by atoms with Crippen LogP contribution in [0.3, 0.4) is 0 Å². The van der Waals surface area contributed by atoms with Crippen molar-refractivity contribution in [3.05, 3.63) is 11.5 Å². The van der Waals surface area contributed by atoms with Gasteiger partial charge >= 0.3 is 11.9 Å². The minimum atomic E-state index is -1.80. The summed E-state index contributed by atoms with van der Waals surface area (Å²) in [6, 6.07) is 0. The van der Waals surface area contributed by atoms with Crippen molar-refractivity contribution in [1.29, 1.82) is 0 Å². The maximum absolute atomic E-state index is 10.3. The fourth-order valence-electron chi connectivity index (χ4n) is 0.295. The first-order valence-electron chi connectivity index (χ1n) is 2.44. The van der Waals surface area contributed by atoms with Crippen molar-refractivity contribution in [1.82, 2.24) is 0 Å². The summed E-state index contributed by atoms with van der Waals surface area (Å²) in [4.78, 5) is 20.2. The van der Waals surface area contributed by atoms with Crippen LogP contribution in [0.15, 0.2) is 11.5 Å². The lowest BCUT2D eigenvalue weighted by Gasteiger charge is -1.97. The van der Waals surface area contributed by atoms with Crippen molar-refractivity contribution < 1.29 is 29.6 Å². The first kappa shape index (κ1) is 9.28. The summed E-state index contributed by atoms with van der Waals surface area (Å²) < 4.78 is 3.91. The highest BCUT2D eigenvalue weighted by Gasteiger charge is 2.19. The summed E-state index contributed by atoms with van der Waals surface area (Å²) in [5.41, 5.74) is 0. The predicted octanol–water partition coefficient (Wildman–Crippen LogP) is -0.428. The van der Waals surface area contributed by atoms with Crippen LogP contribution in [0, 0.1) is 0 Å². The molecule has 0 atom stereocenters. The molecule has 0 fully saturated rings. The van der Waals surface area contributed by atoms with Gasteiger partial charge in [0.2, 0.25) is 0 Å². The number of methoxy groups -OCH3 is 1. The average Bonchev–Trinajstić information content (AvgIpc) is 2.00. The lowest BCUT2D eigenvalue weighted by Crippen LogP contribution is -2.12. The highest BCUT2D eigenvalue weighted by molar-refractivity contribution is 5.95. The molecule has 6 nitrogen and oxygen atoms in total. The fraction of sp³-hybridized carbons (Fsp3) is 0.200. The second-order valence-corrected chi connectivity index (χ2v) is 1.49. The first-order valence-corrected chi connectivity index (χ1v) is 2.44. The molecule has 3 N–H and O–H groups in total. The maximum Gasteiger partial charge on any atom is 0.377 e. The molecule has 0 radical (unpaired) electrons. The molecule has 0 heterocycles. The number of ether oxygens (including phenoxy) is 1. The Bertz CT molecular complexity index is 215. The van der Waals surface area contributed by atoms with Gasteiger partial charge in [-0.25, -0.2) is 9.59 Å². The number of carboxylic acids is 1. The number of aliphatic carboxylic acids is 1. The number of aliphatic hydroxyl groups is 2. The van der Waals surface area contributed by atoms with E-state index in [1.165, 1.54) is 0 Å². The third-order valence-electron chi connectivity index (χ3n) is 0.806. The summed E-state index contributed by atoms with van der Waals surface area (Å²) in [5, 5.41) is 25.0. The zero-order chi connectivity index (χ0) is 9.02. The number of aliphatic hydroxyl groups excluding tert-OH is 2. The van der Waals surface area contributed by atoms with E-state index >= 15 is 0 Å². The molecule has 0 bridgehead atoms. The molecule has 0 spiro atoms. The van der Waals surface area contributed by atoms with E-state index in [1.54, 1.807) is 0 Å². The van der Waals surface area contributed by atoms with E-state index in [-0.39, 0.29) is 0 Å². The van der Waals surface area contributed by atoms with Gasteiger partial charge in [-0.15, -0.1) is 0 Å². The molecule has 6 heteroatoms. The SMILES string of the molecule is COC(=O)C(O)=C(O)C(=O)O. The molecule has 0 unspecified atom stereocenters. The molecule has 0 aromatic rings. The average molecular weight is 162 g/mol. The van der Waals surface area contributed by atoms with Crippen LogP contribution in [0.2, 0.25) is 0 Å². The Balaban J connectivity index is 4.66. The summed E-state index contributed by atoms with van der Waals surface area (Å²) in [6.45, 7) is 0. The smallest absolute Gasteiger partial charge is 0.377 e. The number of rotatable bonds is 2. The van der Waals surface area contributed by atoms with Gasteiger partial charge in [0.05, 0.1) is 7.11 Å². The molecule has 0 rings (SSSR count). The lowest BCUT2D eigenvalue weighted by molar-refractivity contribution is -0.142. The fourth-order valence-corrected chi connectivity index (χ4v) is 0.295. The Hall–Kier alpha value is -1.72. The minimum absolute atomic E-state index is 0.938. The summed E-state index contributed by atoms with van der Waals surface area (Å²) in [7, 11) is 0.938. The molecule has 62 valence electrons. The van der Waals surface area contributed by atoms with E-state index in [1.807, 2.05) is 0 Å². The van der Waals surface area contributed by atoms with E-state index in [0.717, 1.165) is 7.11 Å². The number of carbonyl (C=O) groups excluding carboxylic acids is 1. The Morgan fingerprint density at radius 3 is 1.82 bits per heavy atom. The topological polar surface area (TPSA) is 104 Å². The Kier molecular flexibility index (Phi) is 2.91. The molecule has 0 aromatic heterocycles. The van der Waals surface area contributed by atoms with Crippen LogP contribution >= 0.6 is 0 Å². The zero-order valence-corrected chi connectivity index (χ0v) is 5.57. The number of esters is 1. The van der Waals surface area contributed by atoms with Crippen LogP contribution in [0.25, 0.3) is 0 Å². The van der Waals surface area contributed by atoms with Crippen molar-refractivity contribution in [3.8, 4) is 0 Å². The molecule has 0 aliphatic rings. The van der Waals surface area contributed by atoms with Gasteiger partial charge in [-0.1, -0.05) is 0 Å². The lowest BCUT2D eigenvalue weighted by atomic mass is 10.4. The largest absolute Gasteiger partial charge is 0.499 e. The highest BCUT2D eigenvalue weighted by atomic mass is 16.5. The van der Waals surface area contributed by atoms with Crippen LogP contribution < -0.4 is 0 Å². The van der Waals surface area contributed by atoms with Crippen molar-refractivity contribution in [3.63, 3.8) is 0 Å². The minimum Gasteiger partial charge on any atom is -0.499 e. The van der Waals surface area contributed by atoms with Crippen LogP contribution in [0.1, 0.15) is 0 Å². The quantitative estimate of drug-likeness (QED) is 0.289. The Morgan fingerprint density at radius 1 is 1.09 bits per heavy atom. The van der Waals surface area contributed by atoms with Gasteiger partial charge in [-0.3, -0.25) is 0 Å². The molecule has 0 amide bonds. The zero-order valence-electron chi connectivity index (χ0n) is 5.57. The van der Waals surface area contributed by atoms with Gasteiger partial charge < -0.3 is 20.1 Å². The van der Waals surface area contributed by atoms with Crippen LogP contribution in [-0.4, -0.2) is 34.4 Å². The molecule has 0 aliphatic heterocycles. The van der Waals surface area contributed by atoms with Gasteiger partial charge in [0.25, 0.3) is 11.5 Å². The third-order valence-corrected chi connectivity index (χ3v) is 0.806. The molecule has 0 saturated heterocycles. The van der Waals surface area contributed by atoms with Gasteiger partial charge in [0.1, 0.15) is 0 Å². The molecule has 11 heavy (non-hydrogen) atoms. The van der Waals surface area contributed by atoms with Gasteiger partial charge in [-0.2, -0.15) is 0 Å². The molecular formula is C5H6O6. The van der Waals surface area contributed by atoms with Crippen LogP contribution in [-0.2, 0) is 14.3 Å². The van der Waals surface area contributed by atoms with Crippen molar-refractivity contribution in [2.24, 2.45) is 0 Å². The van der Waals surface area contributed by atoms with E-state index < -0.39 is 23.5 Å². The van der Waals surface area contributed by atoms with E-state index in [0.29, 0.717) is 0 Å². The van der Waals surface area contributed by atoms with E-state index in [4.69, 9.17) is 15.3 Å². The Morgan fingerprint density at radius 2 is 1.55 bits per heavy atom. The van der Waals surface area contributed by atoms with Crippen molar-refractivity contribution in [2.75, 3.05) is 7.11 Å². The summed E-state index contributed by atoms with van der Waals surface area (Å²) in [5.74, 6) is -5.85. The number of carbonyl (C=O) groups is 2. The number of hydrogen-bond acceptors (Lipinski definition) is 5. The van der Waals surface area contributed by atoms with E-state index in [2.05, 4.69) is 4.74 Å². The maximum atomic E-state index is 10.3. The number of hydrogen-bond donors (Lipinski definition) is 3. The molecule has 0 aromatic carbocycles. The van der Waals surface area contributed by atoms with Crippen LogP contribution in [0.5, 0.6) is 0 Å². The summed E-state index contributed by atoms with van der Waals surface area (Å²) >= 11 is 0. The summed E-state index contributed by atoms with van der Waals surface area (Å²) in [6.07, 6.45) is 0. The van der Waals surface area contributed by atoms with Crippen molar-refractivity contribution >= 4 is 11.9 Å². The van der Waals surface area contributed by atoms with Gasteiger partial charge in [-0.05, 0) is 0 Å². The van der Waals surface area contributed by atoms with Crippen molar-refractivity contribution in [2.45, 2.75) is 0 Å². The molecule has 0 saturated carbocycles. The van der Waals surface area contributed by atoms with Gasteiger partial charge in [0, 0.05) is 0 Å². The first-order chi connectivity index (χ1) is 5.00. The Labute approximate surface area is 61.3 Å².